The number of benzene rings is 1. The van der Waals surface area contributed by atoms with Gasteiger partial charge in [0.1, 0.15) is 29.2 Å². The number of carboxylic acid groups (broad SMARTS) is 1. The molecule has 0 fully saturated rings. The Balaban J connectivity index is 1.67. The van der Waals surface area contributed by atoms with Crippen LogP contribution in [-0.4, -0.2) is 85.0 Å². The minimum Gasteiger partial charge on any atom is -0.489 e. The predicted molar refractivity (Wildman–Crippen MR) is 190 cm³/mol. The van der Waals surface area contributed by atoms with E-state index in [1.807, 2.05) is 61.7 Å². The van der Waals surface area contributed by atoms with Crippen LogP contribution in [0, 0.1) is 0 Å². The van der Waals surface area contributed by atoms with E-state index in [-0.39, 0.29) is 17.6 Å². The maximum absolute atomic E-state index is 13.0. The molecule has 17 nitrogen and oxygen atoms in total. The largest absolute Gasteiger partial charge is 0.489 e. The van der Waals surface area contributed by atoms with E-state index in [4.69, 9.17) is 23.8 Å². The van der Waals surface area contributed by atoms with Crippen molar-refractivity contribution < 1.29 is 52.8 Å². The molecule has 3 N–H and O–H groups in total. The maximum Gasteiger partial charge on any atom is 0.414 e. The number of rotatable bonds is 14. The number of anilines is 1. The number of carboxylic acids is 1. The molecular weight excluding hydrogens is 698 g/mol. The third kappa shape index (κ3) is 14.2. The number of hydrogen-bond acceptors (Lipinski definition) is 13. The van der Waals surface area contributed by atoms with Gasteiger partial charge in [0.15, 0.2) is 7.05 Å². The first-order chi connectivity index (χ1) is 24.1. The minimum absolute atomic E-state index is 0.0356. The number of hydrogen-bond donors (Lipinski definition) is 3. The van der Waals surface area contributed by atoms with Crippen LogP contribution in [0.25, 0.3) is 11.1 Å². The Morgan fingerprint density at radius 2 is 1.54 bits per heavy atom. The first-order valence-electron chi connectivity index (χ1n) is 16.4. The van der Waals surface area contributed by atoms with Crippen LogP contribution in [0.15, 0.2) is 41.8 Å². The molecule has 284 valence electrons. The van der Waals surface area contributed by atoms with Gasteiger partial charge in [0, 0.05) is 18.1 Å². The molecule has 0 saturated heterocycles. The third-order valence-electron chi connectivity index (χ3n) is 6.23. The zero-order valence-corrected chi connectivity index (χ0v) is 32.0. The third-order valence-corrected chi connectivity index (χ3v) is 6.86. The van der Waals surface area contributed by atoms with Gasteiger partial charge in [-0.05, 0) is 86.4 Å². The van der Waals surface area contributed by atoms with Crippen molar-refractivity contribution in [2.45, 2.75) is 98.2 Å². The Morgan fingerprint density at radius 1 is 0.923 bits per heavy atom. The quantitative estimate of drug-likeness (QED) is 0.0513. The number of esters is 1. The fourth-order valence-corrected chi connectivity index (χ4v) is 4.71. The van der Waals surface area contributed by atoms with Crippen molar-refractivity contribution in [2.24, 2.45) is 12.2 Å². The highest BCUT2D eigenvalue weighted by Gasteiger charge is 2.30. The molecule has 2 amide bonds. The van der Waals surface area contributed by atoms with Gasteiger partial charge in [-0.25, -0.2) is 19.2 Å². The van der Waals surface area contributed by atoms with Crippen LogP contribution in [0.4, 0.5) is 14.7 Å². The molecule has 0 spiro atoms. The normalized spacial score (nSPS) is 12.8. The summed E-state index contributed by atoms with van der Waals surface area (Å²) in [5, 5.41) is 18.6. The lowest BCUT2D eigenvalue weighted by Crippen LogP contribution is -2.39. The highest BCUT2D eigenvalue weighted by Crippen LogP contribution is 2.23. The van der Waals surface area contributed by atoms with Gasteiger partial charge in [0.25, 0.3) is 6.10 Å². The van der Waals surface area contributed by atoms with E-state index in [1.54, 1.807) is 53.7 Å². The topological polar surface area (TPSA) is 206 Å². The summed E-state index contributed by atoms with van der Waals surface area (Å²) < 4.78 is 29.6. The number of ether oxygens (including phenoxy) is 4. The molecule has 1 aromatic carbocycles. The summed E-state index contributed by atoms with van der Waals surface area (Å²) in [7, 11) is 1.92. The molecule has 0 radical (unpaired) electrons. The van der Waals surface area contributed by atoms with Crippen molar-refractivity contribution in [3.05, 3.63) is 42.5 Å². The molecule has 2 heterocycles. The van der Waals surface area contributed by atoms with Gasteiger partial charge in [-0.2, -0.15) is 14.0 Å². The monoisotopic (exact) mass is 746 g/mol. The van der Waals surface area contributed by atoms with Crippen molar-refractivity contribution in [1.82, 2.24) is 19.4 Å². The summed E-state index contributed by atoms with van der Waals surface area (Å²) >= 11 is 0.704. The highest BCUT2D eigenvalue weighted by molar-refractivity contribution is 7.10. The zero-order valence-electron chi connectivity index (χ0n) is 31.1. The highest BCUT2D eigenvalue weighted by atomic mass is 32.1. The average molecular weight is 747 g/mol. The number of amides is 2. The summed E-state index contributed by atoms with van der Waals surface area (Å²) in [6.07, 6.45) is 1.93. The zero-order chi connectivity index (χ0) is 38.9. The van der Waals surface area contributed by atoms with E-state index in [1.165, 1.54) is 0 Å². The first-order valence-corrected chi connectivity index (χ1v) is 17.2. The van der Waals surface area contributed by atoms with Gasteiger partial charge < -0.3 is 34.2 Å². The Morgan fingerprint density at radius 3 is 2.13 bits per heavy atom. The van der Waals surface area contributed by atoms with Crippen LogP contribution >= 0.6 is 11.5 Å². The Hall–Kier alpha value is -5.26. The van der Waals surface area contributed by atoms with Crippen LogP contribution < -0.4 is 20.1 Å². The van der Waals surface area contributed by atoms with Crippen LogP contribution in [-0.2, 0) is 42.2 Å². The molecule has 0 bridgehead atoms. The summed E-state index contributed by atoms with van der Waals surface area (Å²) in [6, 6.07) is 7.13. The van der Waals surface area contributed by atoms with Gasteiger partial charge in [-0.1, -0.05) is 17.3 Å². The molecule has 18 heteroatoms. The molecule has 0 aliphatic rings. The molecule has 52 heavy (non-hydrogen) atoms. The van der Waals surface area contributed by atoms with Gasteiger partial charge in [-0.3, -0.25) is 5.32 Å². The average Bonchev–Trinajstić information content (AvgIpc) is 3.60. The fourth-order valence-electron chi connectivity index (χ4n) is 4.16. The minimum atomic E-state index is -1.54. The van der Waals surface area contributed by atoms with Gasteiger partial charge in [0.05, 0.1) is 18.3 Å². The van der Waals surface area contributed by atoms with Gasteiger partial charge in [-0.15, -0.1) is 4.68 Å². The molecule has 0 aliphatic heterocycles. The van der Waals surface area contributed by atoms with Gasteiger partial charge >= 0.3 is 24.1 Å². The van der Waals surface area contributed by atoms with Crippen LogP contribution in [0.5, 0.6) is 5.75 Å². The lowest BCUT2D eigenvalue weighted by molar-refractivity contribution is -0.753. The van der Waals surface area contributed by atoms with E-state index in [0.717, 1.165) is 11.1 Å². The number of carbonyl (C=O) groups excluding carboxylic acids is 3. The summed E-state index contributed by atoms with van der Waals surface area (Å²) in [4.78, 5) is 58.4. The summed E-state index contributed by atoms with van der Waals surface area (Å²) in [5.74, 6) is -2.34. The summed E-state index contributed by atoms with van der Waals surface area (Å²) in [5.41, 5.74) is -1.08. The second-order valence-corrected chi connectivity index (χ2v) is 15.2. The number of alkyl carbamates (subject to hydrolysis) is 1. The molecule has 2 aromatic heterocycles. The van der Waals surface area contributed by atoms with Gasteiger partial charge in [0.2, 0.25) is 22.9 Å². The number of oxime groups is 1. The van der Waals surface area contributed by atoms with E-state index >= 15 is 0 Å². The van der Waals surface area contributed by atoms with Crippen molar-refractivity contribution >= 4 is 46.5 Å². The molecule has 3 rings (SSSR count). The molecule has 1 atom stereocenters. The van der Waals surface area contributed by atoms with E-state index < -0.39 is 52.7 Å². The second kappa shape index (κ2) is 17.3. The molecule has 3 aromatic rings. The lowest BCUT2D eigenvalue weighted by atomic mass is 10.1. The lowest BCUT2D eigenvalue weighted by Gasteiger charge is -2.23. The molecule has 0 aliphatic carbocycles. The second-order valence-electron chi connectivity index (χ2n) is 14.5. The van der Waals surface area contributed by atoms with E-state index in [9.17, 15) is 24.3 Å². The van der Waals surface area contributed by atoms with Crippen molar-refractivity contribution in [2.75, 3.05) is 18.5 Å². The predicted octanol–water partition coefficient (Wildman–Crippen LogP) is 4.69. The number of nitrogens with zero attached hydrogens (tertiary/aromatic N) is 5. The van der Waals surface area contributed by atoms with E-state index in [2.05, 4.69) is 25.1 Å². The van der Waals surface area contributed by atoms with Crippen LogP contribution in [0.2, 0.25) is 0 Å². The number of nitrogens with one attached hydrogen (secondary N) is 2. The number of aryl methyl sites for hydroxylation is 2. The van der Waals surface area contributed by atoms with Crippen molar-refractivity contribution in [3.63, 3.8) is 0 Å². The summed E-state index contributed by atoms with van der Waals surface area (Å²) in [6.45, 7) is 16.2. The van der Waals surface area contributed by atoms with Crippen LogP contribution in [0.1, 0.15) is 74.6 Å². The molecule has 1 unspecified atom stereocenters. The Bertz CT molecular complexity index is 1730. The number of carbonyl (C=O) groups is 4. The Labute approximate surface area is 306 Å². The smallest absolute Gasteiger partial charge is 0.414 e. The van der Waals surface area contributed by atoms with Crippen molar-refractivity contribution in [1.29, 1.82) is 0 Å². The molecular formula is C34H48N7O10S+. The SMILES string of the molecule is C[n+]1cc(-c2ccc(OCC(O/N=C(\C(=O)O)c3nsc(NC(=O)OC(C)(C)C)n3)C(=O)OC(C)(C)C)cc2)cn1CCCNC(=O)OC(C)(C)C. The maximum atomic E-state index is 13.0. The first kappa shape index (κ1) is 41.2. The number of aliphatic carboxylic acids is 1. The molecule has 0 saturated carbocycles. The fraction of sp³-hybridized carbons (Fsp3) is 0.529. The van der Waals surface area contributed by atoms with Crippen molar-refractivity contribution in [3.8, 4) is 16.9 Å². The number of aromatic nitrogens is 4. The van der Waals surface area contributed by atoms with Crippen LogP contribution in [0.3, 0.4) is 0 Å². The Kier molecular flexibility index (Phi) is 13.7. The van der Waals surface area contributed by atoms with E-state index in [0.29, 0.717) is 36.8 Å². The standard InChI is InChI=1S/C34H47N7O10S/c1-32(2,3)48-28(44)24(51-38-25(27(42)43)26-36-29(52-39-26)37-31(46)50-34(7,8)9)20-47-23-14-12-21(13-15-23)22-18-40(10)41(19-22)17-11-16-35-30(45)49-33(4,5)6/h12-15,18-19,24H,11,16-17,20H2,1-10H3,(H2-,35,36,37,39,42,43,45,46)/p+1/b38-25-.